The lowest BCUT2D eigenvalue weighted by Gasteiger charge is -2.17. The molecule has 66 valence electrons. The monoisotopic (exact) mass is 173 g/mol. The van der Waals surface area contributed by atoms with Crippen LogP contribution in [-0.4, -0.2) is 19.4 Å². The van der Waals surface area contributed by atoms with E-state index in [0.717, 1.165) is 24.9 Å². The van der Waals surface area contributed by atoms with E-state index in [1.807, 2.05) is 24.3 Å². The lowest BCUT2D eigenvalue weighted by Crippen LogP contribution is -2.19. The van der Waals surface area contributed by atoms with Gasteiger partial charge in [-0.05, 0) is 12.1 Å². The van der Waals surface area contributed by atoms with E-state index >= 15 is 0 Å². The number of aldehydes is 1. The number of anilines is 1. The number of rotatable bonds is 2. The molecule has 1 aromatic rings. The van der Waals surface area contributed by atoms with Crippen molar-refractivity contribution in [3.63, 3.8) is 0 Å². The minimum Gasteiger partial charge on any atom is -0.363 e. The summed E-state index contributed by atoms with van der Waals surface area (Å²) in [5.41, 5.74) is 2.06. The summed E-state index contributed by atoms with van der Waals surface area (Å²) < 4.78 is 0. The van der Waals surface area contributed by atoms with Crippen LogP contribution in [0.1, 0.15) is 0 Å². The quantitative estimate of drug-likeness (QED) is 0.633. The fraction of sp³-hybridized carbons (Fsp3) is 0.182. The van der Waals surface area contributed by atoms with Gasteiger partial charge in [-0.2, -0.15) is 0 Å². The number of nitrogens with zero attached hydrogens (tertiary/aromatic N) is 1. The number of hydrogen-bond donors (Lipinski definition) is 0. The lowest BCUT2D eigenvalue weighted by molar-refractivity contribution is -0.104. The van der Waals surface area contributed by atoms with Gasteiger partial charge >= 0.3 is 0 Å². The maximum Gasteiger partial charge on any atom is 0.147 e. The van der Waals surface area contributed by atoms with E-state index in [9.17, 15) is 4.79 Å². The molecule has 0 atom stereocenters. The summed E-state index contributed by atoms with van der Waals surface area (Å²) in [7, 11) is 0. The summed E-state index contributed by atoms with van der Waals surface area (Å²) in [6, 6.07) is 10.1. The molecule has 0 saturated heterocycles. The molecular formula is C11H11NO. The van der Waals surface area contributed by atoms with E-state index in [2.05, 4.69) is 17.0 Å². The summed E-state index contributed by atoms with van der Waals surface area (Å²) in [5, 5.41) is 0. The fourth-order valence-corrected chi connectivity index (χ4v) is 1.50. The van der Waals surface area contributed by atoms with Gasteiger partial charge in [0.15, 0.2) is 0 Å². The van der Waals surface area contributed by atoms with Gasteiger partial charge in [-0.15, -0.1) is 0 Å². The molecule has 0 fully saturated rings. The Bertz CT molecular complexity index is 329. The first-order valence-corrected chi connectivity index (χ1v) is 4.34. The molecule has 1 aromatic carbocycles. The van der Waals surface area contributed by atoms with Gasteiger partial charge in [-0.1, -0.05) is 24.3 Å². The van der Waals surface area contributed by atoms with Gasteiger partial charge in [0.25, 0.3) is 0 Å². The molecule has 0 N–H and O–H groups in total. The Hall–Kier alpha value is -1.57. The van der Waals surface area contributed by atoms with Crippen molar-refractivity contribution in [2.45, 2.75) is 0 Å². The maximum atomic E-state index is 10.5. The van der Waals surface area contributed by atoms with Gasteiger partial charge in [-0.25, -0.2) is 0 Å². The molecule has 0 unspecified atom stereocenters. The molecule has 13 heavy (non-hydrogen) atoms. The maximum absolute atomic E-state index is 10.5. The van der Waals surface area contributed by atoms with Crippen molar-refractivity contribution in [3.05, 3.63) is 42.0 Å². The predicted molar refractivity (Wildman–Crippen MR) is 52.8 cm³/mol. The van der Waals surface area contributed by atoms with Gasteiger partial charge in [0.05, 0.1) is 0 Å². The summed E-state index contributed by atoms with van der Waals surface area (Å²) in [4.78, 5) is 12.7. The van der Waals surface area contributed by atoms with Crippen molar-refractivity contribution in [1.29, 1.82) is 0 Å². The molecule has 0 spiro atoms. The van der Waals surface area contributed by atoms with Gasteiger partial charge in [-0.3, -0.25) is 4.79 Å². The van der Waals surface area contributed by atoms with E-state index in [1.54, 1.807) is 0 Å². The number of hydrogen-bond acceptors (Lipinski definition) is 2. The first kappa shape index (κ1) is 8.05. The molecule has 0 aliphatic carbocycles. The van der Waals surface area contributed by atoms with Crippen molar-refractivity contribution >= 4 is 12.0 Å². The second kappa shape index (κ2) is 3.44. The molecule has 1 aliphatic rings. The Balaban J connectivity index is 2.11. The lowest BCUT2D eigenvalue weighted by atomic mass is 10.3. The summed E-state index contributed by atoms with van der Waals surface area (Å²) in [6.45, 7) is 1.59. The SMILES string of the molecule is O=CC1=CCN(c2ccccc2)C1. The molecule has 0 aromatic heterocycles. The smallest absolute Gasteiger partial charge is 0.147 e. The summed E-state index contributed by atoms with van der Waals surface area (Å²) >= 11 is 0. The molecule has 0 saturated carbocycles. The Morgan fingerprint density at radius 3 is 2.62 bits per heavy atom. The van der Waals surface area contributed by atoms with Crippen molar-refractivity contribution in [1.82, 2.24) is 0 Å². The highest BCUT2D eigenvalue weighted by Gasteiger charge is 2.12. The average molecular weight is 173 g/mol. The minimum atomic E-state index is 0.744. The zero-order valence-corrected chi connectivity index (χ0v) is 7.31. The first-order valence-electron chi connectivity index (χ1n) is 4.34. The number of carbonyl (C=O) groups excluding carboxylic acids is 1. The second-order valence-electron chi connectivity index (χ2n) is 3.11. The molecule has 1 aliphatic heterocycles. The summed E-state index contributed by atoms with van der Waals surface area (Å²) in [6.07, 6.45) is 2.91. The zero-order chi connectivity index (χ0) is 9.10. The topological polar surface area (TPSA) is 20.3 Å². The standard InChI is InChI=1S/C11H11NO/c13-9-10-6-7-12(8-10)11-4-2-1-3-5-11/h1-6,9H,7-8H2. The Kier molecular flexibility index (Phi) is 2.13. The van der Waals surface area contributed by atoms with Crippen molar-refractivity contribution < 1.29 is 4.79 Å². The molecule has 2 heteroatoms. The van der Waals surface area contributed by atoms with Crippen LogP contribution in [0.2, 0.25) is 0 Å². The van der Waals surface area contributed by atoms with Gasteiger partial charge in [0, 0.05) is 24.4 Å². The van der Waals surface area contributed by atoms with Crippen LogP contribution in [0.25, 0.3) is 0 Å². The van der Waals surface area contributed by atoms with E-state index < -0.39 is 0 Å². The number of para-hydroxylation sites is 1. The molecule has 0 radical (unpaired) electrons. The van der Waals surface area contributed by atoms with Crippen molar-refractivity contribution in [2.24, 2.45) is 0 Å². The molecule has 0 amide bonds. The molecule has 2 nitrogen and oxygen atoms in total. The van der Waals surface area contributed by atoms with E-state index in [0.29, 0.717) is 0 Å². The highest BCUT2D eigenvalue weighted by Crippen LogP contribution is 2.18. The van der Waals surface area contributed by atoms with Crippen LogP contribution in [-0.2, 0) is 4.79 Å². The third-order valence-electron chi connectivity index (χ3n) is 2.22. The Labute approximate surface area is 77.5 Å². The molecule has 0 bridgehead atoms. The normalized spacial score (nSPS) is 15.7. The molecule has 2 rings (SSSR count). The average Bonchev–Trinajstić information content (AvgIpc) is 2.67. The third-order valence-corrected chi connectivity index (χ3v) is 2.22. The third kappa shape index (κ3) is 1.61. The number of benzene rings is 1. The van der Waals surface area contributed by atoms with Gasteiger partial charge in [0.1, 0.15) is 6.29 Å². The summed E-state index contributed by atoms with van der Waals surface area (Å²) in [5.74, 6) is 0. The van der Waals surface area contributed by atoms with E-state index in [1.165, 1.54) is 5.69 Å². The van der Waals surface area contributed by atoms with Crippen LogP contribution in [0.4, 0.5) is 5.69 Å². The first-order chi connectivity index (χ1) is 6.40. The van der Waals surface area contributed by atoms with Crippen LogP contribution in [0.5, 0.6) is 0 Å². The van der Waals surface area contributed by atoms with Gasteiger partial charge < -0.3 is 4.90 Å². The van der Waals surface area contributed by atoms with E-state index in [-0.39, 0.29) is 0 Å². The number of carbonyl (C=O) groups is 1. The minimum absolute atomic E-state index is 0.744. The van der Waals surface area contributed by atoms with Crippen LogP contribution < -0.4 is 4.90 Å². The van der Waals surface area contributed by atoms with Crippen molar-refractivity contribution in [2.75, 3.05) is 18.0 Å². The highest BCUT2D eigenvalue weighted by atomic mass is 16.1. The second-order valence-corrected chi connectivity index (χ2v) is 3.11. The van der Waals surface area contributed by atoms with Crippen molar-refractivity contribution in [3.8, 4) is 0 Å². The fourth-order valence-electron chi connectivity index (χ4n) is 1.50. The predicted octanol–water partition coefficient (Wildman–Crippen LogP) is 1.63. The molecule has 1 heterocycles. The van der Waals surface area contributed by atoms with Crippen LogP contribution in [0, 0.1) is 0 Å². The Morgan fingerprint density at radius 1 is 1.23 bits per heavy atom. The zero-order valence-electron chi connectivity index (χ0n) is 7.31. The Morgan fingerprint density at radius 2 is 2.00 bits per heavy atom. The van der Waals surface area contributed by atoms with Crippen LogP contribution in [0.3, 0.4) is 0 Å². The van der Waals surface area contributed by atoms with Crippen LogP contribution >= 0.6 is 0 Å². The highest BCUT2D eigenvalue weighted by molar-refractivity contribution is 5.77. The molecular weight excluding hydrogens is 162 g/mol. The van der Waals surface area contributed by atoms with Gasteiger partial charge in [0.2, 0.25) is 0 Å². The van der Waals surface area contributed by atoms with Crippen LogP contribution in [0.15, 0.2) is 42.0 Å². The largest absolute Gasteiger partial charge is 0.363 e. The van der Waals surface area contributed by atoms with E-state index in [4.69, 9.17) is 0 Å².